The summed E-state index contributed by atoms with van der Waals surface area (Å²) in [5, 5.41) is 2.67. The van der Waals surface area contributed by atoms with E-state index in [1.54, 1.807) is 4.90 Å². The van der Waals surface area contributed by atoms with Crippen molar-refractivity contribution in [2.24, 2.45) is 0 Å². The molecule has 0 spiro atoms. The number of nitrogens with zero attached hydrogens (tertiary/aromatic N) is 1. The first-order valence-corrected chi connectivity index (χ1v) is 8.73. The molecule has 2 heterocycles. The summed E-state index contributed by atoms with van der Waals surface area (Å²) < 4.78 is 11.4. The molecule has 6 heteroatoms. The second-order valence-corrected chi connectivity index (χ2v) is 6.45. The molecule has 0 radical (unpaired) electrons. The largest absolute Gasteiger partial charge is 0.486 e. The Kier molecular flexibility index (Phi) is 4.48. The minimum atomic E-state index is -0.605. The standard InChI is InChI=1S/C20H20N2O4/c23-19(20(24)22-10-9-14-5-1-2-6-15(14)12-22)21-11-16-13-25-17-7-3-4-8-18(17)26-16/h1-8,16H,9-13H2,(H,21,23). The maximum Gasteiger partial charge on any atom is 0.312 e. The number of para-hydroxylation sites is 2. The van der Waals surface area contributed by atoms with Gasteiger partial charge in [-0.15, -0.1) is 0 Å². The summed E-state index contributed by atoms with van der Waals surface area (Å²) in [5.74, 6) is 0.235. The fourth-order valence-corrected chi connectivity index (χ4v) is 3.26. The summed E-state index contributed by atoms with van der Waals surface area (Å²) in [6.07, 6.45) is 0.453. The smallest absolute Gasteiger partial charge is 0.312 e. The molecule has 0 fully saturated rings. The van der Waals surface area contributed by atoms with Crippen LogP contribution in [0.15, 0.2) is 48.5 Å². The van der Waals surface area contributed by atoms with Gasteiger partial charge < -0.3 is 19.7 Å². The van der Waals surface area contributed by atoms with E-state index in [4.69, 9.17) is 9.47 Å². The Morgan fingerprint density at radius 2 is 1.77 bits per heavy atom. The highest BCUT2D eigenvalue weighted by Gasteiger charge is 2.27. The normalized spacial score (nSPS) is 18.0. The van der Waals surface area contributed by atoms with Crippen LogP contribution in [0.5, 0.6) is 11.5 Å². The zero-order chi connectivity index (χ0) is 17.9. The molecule has 0 saturated carbocycles. The van der Waals surface area contributed by atoms with Crippen molar-refractivity contribution >= 4 is 11.8 Å². The molecule has 0 aromatic heterocycles. The van der Waals surface area contributed by atoms with Crippen LogP contribution in [0.3, 0.4) is 0 Å². The monoisotopic (exact) mass is 352 g/mol. The zero-order valence-corrected chi connectivity index (χ0v) is 14.3. The van der Waals surface area contributed by atoms with E-state index >= 15 is 0 Å². The van der Waals surface area contributed by atoms with E-state index in [1.165, 1.54) is 5.56 Å². The van der Waals surface area contributed by atoms with Gasteiger partial charge in [0.1, 0.15) is 12.7 Å². The van der Waals surface area contributed by atoms with Crippen molar-refractivity contribution in [3.8, 4) is 11.5 Å². The summed E-state index contributed by atoms with van der Waals surface area (Å²) in [5.41, 5.74) is 2.34. The molecule has 4 rings (SSSR count). The maximum atomic E-state index is 12.4. The Morgan fingerprint density at radius 1 is 1.04 bits per heavy atom. The molecule has 0 saturated heterocycles. The first kappa shape index (κ1) is 16.4. The Balaban J connectivity index is 1.31. The third-order valence-corrected chi connectivity index (χ3v) is 4.67. The summed E-state index contributed by atoms with van der Waals surface area (Å²) in [6, 6.07) is 15.4. The van der Waals surface area contributed by atoms with Crippen LogP contribution in [0.25, 0.3) is 0 Å². The van der Waals surface area contributed by atoms with Gasteiger partial charge in [-0.2, -0.15) is 0 Å². The molecule has 1 unspecified atom stereocenters. The van der Waals surface area contributed by atoms with E-state index in [0.29, 0.717) is 31.2 Å². The number of amides is 2. The molecule has 0 aliphatic carbocycles. The Morgan fingerprint density at radius 3 is 2.62 bits per heavy atom. The van der Waals surface area contributed by atoms with Gasteiger partial charge in [0.05, 0.1) is 6.54 Å². The Hall–Kier alpha value is -3.02. The lowest BCUT2D eigenvalue weighted by Crippen LogP contribution is -2.48. The SMILES string of the molecule is O=C(NCC1COc2ccccc2O1)C(=O)N1CCc2ccccc2C1. The van der Waals surface area contributed by atoms with Crippen LogP contribution in [-0.2, 0) is 22.6 Å². The van der Waals surface area contributed by atoms with Gasteiger partial charge in [-0.3, -0.25) is 9.59 Å². The molecule has 6 nitrogen and oxygen atoms in total. The zero-order valence-electron chi connectivity index (χ0n) is 14.3. The molecule has 2 aliphatic heterocycles. The van der Waals surface area contributed by atoms with Crippen molar-refractivity contribution in [1.29, 1.82) is 0 Å². The first-order valence-electron chi connectivity index (χ1n) is 8.73. The number of ether oxygens (including phenoxy) is 2. The molecular formula is C20H20N2O4. The van der Waals surface area contributed by atoms with Crippen molar-refractivity contribution < 1.29 is 19.1 Å². The van der Waals surface area contributed by atoms with Crippen LogP contribution in [0.1, 0.15) is 11.1 Å². The van der Waals surface area contributed by atoms with Crippen molar-refractivity contribution in [3.63, 3.8) is 0 Å². The maximum absolute atomic E-state index is 12.4. The predicted molar refractivity (Wildman–Crippen MR) is 94.9 cm³/mol. The number of rotatable bonds is 2. The lowest BCUT2D eigenvalue weighted by molar-refractivity contribution is -0.146. The molecule has 0 bridgehead atoms. The van der Waals surface area contributed by atoms with Crippen LogP contribution in [0.2, 0.25) is 0 Å². The average Bonchev–Trinajstić information content (AvgIpc) is 2.71. The minimum Gasteiger partial charge on any atom is -0.486 e. The topological polar surface area (TPSA) is 67.9 Å². The van der Waals surface area contributed by atoms with Gasteiger partial charge in [0.25, 0.3) is 0 Å². The van der Waals surface area contributed by atoms with Gasteiger partial charge in [-0.25, -0.2) is 0 Å². The number of hydrogen-bond acceptors (Lipinski definition) is 4. The Bertz CT molecular complexity index is 836. The number of fused-ring (bicyclic) bond motifs is 2. The van der Waals surface area contributed by atoms with E-state index < -0.39 is 11.8 Å². The summed E-state index contributed by atoms with van der Waals surface area (Å²) in [7, 11) is 0. The van der Waals surface area contributed by atoms with Crippen molar-refractivity contribution in [3.05, 3.63) is 59.7 Å². The van der Waals surface area contributed by atoms with E-state index in [9.17, 15) is 9.59 Å². The van der Waals surface area contributed by atoms with Crippen LogP contribution >= 0.6 is 0 Å². The Labute approximate surface area is 151 Å². The molecular weight excluding hydrogens is 332 g/mol. The summed E-state index contributed by atoms with van der Waals surface area (Å²) >= 11 is 0. The third kappa shape index (κ3) is 3.35. The fourth-order valence-electron chi connectivity index (χ4n) is 3.26. The van der Waals surface area contributed by atoms with E-state index in [0.717, 1.165) is 12.0 Å². The molecule has 134 valence electrons. The number of hydrogen-bond donors (Lipinski definition) is 1. The highest BCUT2D eigenvalue weighted by atomic mass is 16.6. The second-order valence-electron chi connectivity index (χ2n) is 6.45. The van der Waals surface area contributed by atoms with E-state index in [-0.39, 0.29) is 12.6 Å². The van der Waals surface area contributed by atoms with Gasteiger partial charge in [0.2, 0.25) is 0 Å². The number of benzene rings is 2. The molecule has 2 aromatic rings. The van der Waals surface area contributed by atoms with Gasteiger partial charge in [0.15, 0.2) is 11.5 Å². The molecule has 26 heavy (non-hydrogen) atoms. The van der Waals surface area contributed by atoms with Crippen LogP contribution in [0, 0.1) is 0 Å². The summed E-state index contributed by atoms with van der Waals surface area (Å²) in [4.78, 5) is 26.3. The van der Waals surface area contributed by atoms with Crippen molar-refractivity contribution in [2.75, 3.05) is 19.7 Å². The number of carbonyl (C=O) groups is 2. The molecule has 2 aromatic carbocycles. The molecule has 1 atom stereocenters. The number of nitrogens with one attached hydrogen (secondary N) is 1. The first-order chi connectivity index (χ1) is 12.7. The molecule has 2 aliphatic rings. The van der Waals surface area contributed by atoms with Crippen LogP contribution in [0.4, 0.5) is 0 Å². The molecule has 1 N–H and O–H groups in total. The van der Waals surface area contributed by atoms with Crippen molar-refractivity contribution in [2.45, 2.75) is 19.1 Å². The minimum absolute atomic E-state index is 0.226. The van der Waals surface area contributed by atoms with E-state index in [2.05, 4.69) is 11.4 Å². The fraction of sp³-hybridized carbons (Fsp3) is 0.300. The lowest BCUT2D eigenvalue weighted by Gasteiger charge is -2.29. The lowest BCUT2D eigenvalue weighted by atomic mass is 10.00. The molecule has 2 amide bonds. The van der Waals surface area contributed by atoms with Crippen LogP contribution in [-0.4, -0.2) is 42.5 Å². The highest BCUT2D eigenvalue weighted by Crippen LogP contribution is 2.30. The van der Waals surface area contributed by atoms with Crippen LogP contribution < -0.4 is 14.8 Å². The average molecular weight is 352 g/mol. The predicted octanol–water partition coefficient (Wildman–Crippen LogP) is 1.53. The highest BCUT2D eigenvalue weighted by molar-refractivity contribution is 6.35. The van der Waals surface area contributed by atoms with E-state index in [1.807, 2.05) is 42.5 Å². The van der Waals surface area contributed by atoms with Gasteiger partial charge in [0, 0.05) is 13.1 Å². The van der Waals surface area contributed by atoms with Gasteiger partial charge in [-0.05, 0) is 29.7 Å². The summed E-state index contributed by atoms with van der Waals surface area (Å²) in [6.45, 7) is 1.59. The third-order valence-electron chi connectivity index (χ3n) is 4.67. The number of carbonyl (C=O) groups excluding carboxylic acids is 2. The van der Waals surface area contributed by atoms with Gasteiger partial charge >= 0.3 is 11.8 Å². The second kappa shape index (κ2) is 7.07. The van der Waals surface area contributed by atoms with Gasteiger partial charge in [-0.1, -0.05) is 36.4 Å². The van der Waals surface area contributed by atoms with Crippen molar-refractivity contribution in [1.82, 2.24) is 10.2 Å². The quantitative estimate of drug-likeness (QED) is 0.833.